The van der Waals surface area contributed by atoms with Crippen molar-refractivity contribution in [2.24, 2.45) is 0 Å². The molecule has 3 nitrogen and oxygen atoms in total. The van der Waals surface area contributed by atoms with Gasteiger partial charge in [-0.15, -0.1) is 5.06 Å². The van der Waals surface area contributed by atoms with Crippen molar-refractivity contribution >= 4 is 0 Å². The highest BCUT2D eigenvalue weighted by atomic mass is 16.7. The normalized spacial score (nSPS) is 22.5. The molecule has 14 heavy (non-hydrogen) atoms. The number of hydrogen-bond donors (Lipinski definition) is 1. The Morgan fingerprint density at radius 3 is 2.86 bits per heavy atom. The molecular formula is C11H15NO2. The molecule has 0 aliphatic carbocycles. The number of aliphatic hydroxyl groups excluding tert-OH is 1. The van der Waals surface area contributed by atoms with Crippen molar-refractivity contribution in [2.75, 3.05) is 13.2 Å². The van der Waals surface area contributed by atoms with Crippen LogP contribution in [0.5, 0.6) is 5.75 Å². The van der Waals surface area contributed by atoms with Crippen LogP contribution in [0.15, 0.2) is 30.3 Å². The summed E-state index contributed by atoms with van der Waals surface area (Å²) in [5, 5.41) is 11.0. The minimum absolute atomic E-state index is 0.162. The van der Waals surface area contributed by atoms with Crippen LogP contribution in [0.2, 0.25) is 0 Å². The lowest BCUT2D eigenvalue weighted by Crippen LogP contribution is -2.35. The topological polar surface area (TPSA) is 32.7 Å². The smallest absolute Gasteiger partial charge is 0.147 e. The zero-order valence-corrected chi connectivity index (χ0v) is 8.10. The SMILES string of the molecule is OC[C@@H]1CCCN1Oc1ccccc1. The highest BCUT2D eigenvalue weighted by Gasteiger charge is 2.25. The number of benzene rings is 1. The van der Waals surface area contributed by atoms with E-state index in [9.17, 15) is 0 Å². The van der Waals surface area contributed by atoms with E-state index in [1.165, 1.54) is 0 Å². The van der Waals surface area contributed by atoms with E-state index < -0.39 is 0 Å². The standard InChI is InChI=1S/C11H15NO2/c13-9-10-5-4-8-12(10)14-11-6-2-1-3-7-11/h1-3,6-7,10,13H,4-5,8-9H2/t10-/m0/s1. The summed E-state index contributed by atoms with van der Waals surface area (Å²) in [5.74, 6) is 0.841. The molecule has 1 heterocycles. The quantitative estimate of drug-likeness (QED) is 0.788. The van der Waals surface area contributed by atoms with Gasteiger partial charge in [0, 0.05) is 6.54 Å². The predicted molar refractivity (Wildman–Crippen MR) is 53.9 cm³/mol. The highest BCUT2D eigenvalue weighted by molar-refractivity contribution is 5.20. The zero-order valence-electron chi connectivity index (χ0n) is 8.10. The van der Waals surface area contributed by atoms with E-state index >= 15 is 0 Å². The third kappa shape index (κ3) is 2.05. The van der Waals surface area contributed by atoms with Crippen molar-refractivity contribution in [3.05, 3.63) is 30.3 Å². The number of nitrogens with zero attached hydrogens (tertiary/aromatic N) is 1. The fourth-order valence-corrected chi connectivity index (χ4v) is 1.73. The van der Waals surface area contributed by atoms with Crippen molar-refractivity contribution in [1.82, 2.24) is 5.06 Å². The van der Waals surface area contributed by atoms with Gasteiger partial charge in [-0.05, 0) is 25.0 Å². The fraction of sp³-hybridized carbons (Fsp3) is 0.455. The molecule has 0 aromatic heterocycles. The van der Waals surface area contributed by atoms with E-state index in [2.05, 4.69) is 0 Å². The van der Waals surface area contributed by atoms with Crippen LogP contribution in [0.4, 0.5) is 0 Å². The Kier molecular flexibility index (Phi) is 3.01. The molecule has 3 heteroatoms. The molecule has 1 aromatic rings. The molecule has 1 aromatic carbocycles. The van der Waals surface area contributed by atoms with Crippen LogP contribution in [0.1, 0.15) is 12.8 Å². The lowest BCUT2D eigenvalue weighted by atomic mass is 10.2. The van der Waals surface area contributed by atoms with Crippen molar-refractivity contribution in [3.8, 4) is 5.75 Å². The van der Waals surface area contributed by atoms with Crippen molar-refractivity contribution < 1.29 is 9.94 Å². The Bertz CT molecular complexity index is 276. The van der Waals surface area contributed by atoms with Gasteiger partial charge >= 0.3 is 0 Å². The maximum Gasteiger partial charge on any atom is 0.147 e. The average Bonchev–Trinajstić information content (AvgIpc) is 2.67. The Morgan fingerprint density at radius 2 is 2.14 bits per heavy atom. The number of hydroxylamine groups is 2. The maximum absolute atomic E-state index is 9.09. The molecule has 0 bridgehead atoms. The van der Waals surface area contributed by atoms with Crippen LogP contribution >= 0.6 is 0 Å². The highest BCUT2D eigenvalue weighted by Crippen LogP contribution is 2.19. The molecule has 0 spiro atoms. The van der Waals surface area contributed by atoms with Gasteiger partial charge in [0.25, 0.3) is 0 Å². The monoisotopic (exact) mass is 193 g/mol. The molecule has 2 rings (SSSR count). The van der Waals surface area contributed by atoms with Crippen LogP contribution < -0.4 is 4.84 Å². The van der Waals surface area contributed by atoms with Crippen LogP contribution in [-0.2, 0) is 0 Å². The molecule has 76 valence electrons. The molecule has 1 aliphatic heterocycles. The summed E-state index contributed by atoms with van der Waals surface area (Å²) in [7, 11) is 0. The lowest BCUT2D eigenvalue weighted by molar-refractivity contribution is -0.0828. The molecule has 0 radical (unpaired) electrons. The van der Waals surface area contributed by atoms with Crippen molar-refractivity contribution in [2.45, 2.75) is 18.9 Å². The first-order valence-corrected chi connectivity index (χ1v) is 5.00. The van der Waals surface area contributed by atoms with Crippen LogP contribution in [0.25, 0.3) is 0 Å². The fourth-order valence-electron chi connectivity index (χ4n) is 1.73. The van der Waals surface area contributed by atoms with Crippen molar-refractivity contribution in [1.29, 1.82) is 0 Å². The Balaban J connectivity index is 1.97. The van der Waals surface area contributed by atoms with Crippen LogP contribution in [0.3, 0.4) is 0 Å². The Hall–Kier alpha value is -1.06. The first-order valence-electron chi connectivity index (χ1n) is 5.00. The predicted octanol–water partition coefficient (Wildman–Crippen LogP) is 1.44. The van der Waals surface area contributed by atoms with Crippen LogP contribution in [0, 0.1) is 0 Å². The average molecular weight is 193 g/mol. The van der Waals surface area contributed by atoms with Gasteiger partial charge in [0.1, 0.15) is 5.75 Å². The molecule has 0 unspecified atom stereocenters. The number of hydrogen-bond acceptors (Lipinski definition) is 3. The second-order valence-corrected chi connectivity index (χ2v) is 3.52. The van der Waals surface area contributed by atoms with E-state index in [0.717, 1.165) is 25.1 Å². The molecule has 1 atom stereocenters. The molecule has 1 aliphatic rings. The summed E-state index contributed by atoms with van der Waals surface area (Å²) in [5.41, 5.74) is 0. The Labute approximate surface area is 83.9 Å². The zero-order chi connectivity index (χ0) is 9.80. The summed E-state index contributed by atoms with van der Waals surface area (Å²) < 4.78 is 0. The molecule has 1 fully saturated rings. The molecule has 1 N–H and O–H groups in total. The molecule has 1 saturated heterocycles. The summed E-state index contributed by atoms with van der Waals surface area (Å²) in [6.45, 7) is 1.08. The number of para-hydroxylation sites is 1. The van der Waals surface area contributed by atoms with Crippen LogP contribution in [-0.4, -0.2) is 29.4 Å². The van der Waals surface area contributed by atoms with Gasteiger partial charge in [-0.2, -0.15) is 0 Å². The minimum atomic E-state index is 0.162. The summed E-state index contributed by atoms with van der Waals surface area (Å²) in [6.07, 6.45) is 2.11. The van der Waals surface area contributed by atoms with E-state index in [0.29, 0.717) is 0 Å². The second-order valence-electron chi connectivity index (χ2n) is 3.52. The third-order valence-electron chi connectivity index (χ3n) is 2.50. The van der Waals surface area contributed by atoms with Crippen molar-refractivity contribution in [3.63, 3.8) is 0 Å². The summed E-state index contributed by atoms with van der Waals surface area (Å²) >= 11 is 0. The first kappa shape index (κ1) is 9.49. The van der Waals surface area contributed by atoms with Gasteiger partial charge in [0.2, 0.25) is 0 Å². The minimum Gasteiger partial charge on any atom is -0.406 e. The number of aliphatic hydroxyl groups is 1. The molecular weight excluding hydrogens is 178 g/mol. The molecule has 0 saturated carbocycles. The van der Waals surface area contributed by atoms with Gasteiger partial charge in [-0.3, -0.25) is 0 Å². The maximum atomic E-state index is 9.09. The van der Waals surface area contributed by atoms with Gasteiger partial charge in [0.15, 0.2) is 0 Å². The Morgan fingerprint density at radius 1 is 1.36 bits per heavy atom. The lowest BCUT2D eigenvalue weighted by Gasteiger charge is -2.22. The van der Waals surface area contributed by atoms with Gasteiger partial charge in [0.05, 0.1) is 12.6 Å². The van der Waals surface area contributed by atoms with E-state index in [-0.39, 0.29) is 12.6 Å². The summed E-state index contributed by atoms with van der Waals surface area (Å²) in [6, 6.07) is 9.86. The largest absolute Gasteiger partial charge is 0.406 e. The number of rotatable bonds is 3. The van der Waals surface area contributed by atoms with E-state index in [1.807, 2.05) is 35.4 Å². The first-order chi connectivity index (χ1) is 6.90. The van der Waals surface area contributed by atoms with Gasteiger partial charge in [-0.1, -0.05) is 18.2 Å². The van der Waals surface area contributed by atoms with E-state index in [1.54, 1.807) is 0 Å². The second kappa shape index (κ2) is 4.44. The summed E-state index contributed by atoms with van der Waals surface area (Å²) in [4.78, 5) is 5.65. The van der Waals surface area contributed by atoms with E-state index in [4.69, 9.17) is 9.94 Å². The third-order valence-corrected chi connectivity index (χ3v) is 2.50. The molecule has 0 amide bonds. The van der Waals surface area contributed by atoms with Gasteiger partial charge in [-0.25, -0.2) is 0 Å². The van der Waals surface area contributed by atoms with Gasteiger partial charge < -0.3 is 9.94 Å².